The van der Waals surface area contributed by atoms with Crippen LogP contribution in [0.5, 0.6) is 5.75 Å². The molecule has 4 heteroatoms. The highest BCUT2D eigenvalue weighted by atomic mass is 16.4. The highest BCUT2D eigenvalue weighted by Gasteiger charge is 2.27. The maximum absolute atomic E-state index is 11.8. The lowest BCUT2D eigenvalue weighted by Crippen LogP contribution is -2.05. The maximum Gasteiger partial charge on any atom is 0.347 e. The summed E-state index contributed by atoms with van der Waals surface area (Å²) in [5, 5.41) is 20.5. The van der Waals surface area contributed by atoms with E-state index < -0.39 is 11.7 Å². The van der Waals surface area contributed by atoms with E-state index in [4.69, 9.17) is 4.42 Å². The van der Waals surface area contributed by atoms with Gasteiger partial charge in [-0.2, -0.15) is 0 Å². The number of phenols is 1. The lowest BCUT2D eigenvalue weighted by molar-refractivity contribution is 0.181. The van der Waals surface area contributed by atoms with Crippen molar-refractivity contribution in [3.63, 3.8) is 0 Å². The first-order chi connectivity index (χ1) is 8.08. The minimum Gasteiger partial charge on any atom is -0.507 e. The van der Waals surface area contributed by atoms with Crippen LogP contribution in [0.1, 0.15) is 29.4 Å². The van der Waals surface area contributed by atoms with E-state index in [1.54, 1.807) is 6.07 Å². The molecule has 0 aliphatic heterocycles. The molecule has 17 heavy (non-hydrogen) atoms. The van der Waals surface area contributed by atoms with E-state index in [0.717, 1.165) is 5.56 Å². The van der Waals surface area contributed by atoms with E-state index in [1.807, 2.05) is 6.92 Å². The topological polar surface area (TPSA) is 70.7 Å². The first-order valence-corrected chi connectivity index (χ1v) is 5.55. The van der Waals surface area contributed by atoms with Crippen molar-refractivity contribution in [1.29, 1.82) is 0 Å². The minimum absolute atomic E-state index is 0.0874. The van der Waals surface area contributed by atoms with Crippen molar-refractivity contribution in [2.45, 2.75) is 25.9 Å². The summed E-state index contributed by atoms with van der Waals surface area (Å²) >= 11 is 0. The van der Waals surface area contributed by atoms with Crippen molar-refractivity contribution < 1.29 is 14.6 Å². The molecule has 0 radical (unpaired) electrons. The second-order valence-corrected chi connectivity index (χ2v) is 4.49. The molecule has 0 bridgehead atoms. The summed E-state index contributed by atoms with van der Waals surface area (Å²) in [6.45, 7) is 1.83. The van der Waals surface area contributed by atoms with Crippen LogP contribution in [0.4, 0.5) is 0 Å². The molecular formula is C13H12O4. The van der Waals surface area contributed by atoms with Gasteiger partial charge in [0.2, 0.25) is 0 Å². The molecule has 0 spiro atoms. The van der Waals surface area contributed by atoms with E-state index in [2.05, 4.69) is 0 Å². The molecule has 88 valence electrons. The van der Waals surface area contributed by atoms with Gasteiger partial charge in [0.05, 0.1) is 6.10 Å². The Balaban J connectivity index is 2.54. The fourth-order valence-corrected chi connectivity index (χ4v) is 2.53. The summed E-state index contributed by atoms with van der Waals surface area (Å²) in [7, 11) is 0. The lowest BCUT2D eigenvalue weighted by Gasteiger charge is -2.09. The van der Waals surface area contributed by atoms with E-state index in [1.165, 1.54) is 6.07 Å². The normalized spacial score (nSPS) is 18.6. The van der Waals surface area contributed by atoms with Crippen molar-refractivity contribution in [2.75, 3.05) is 0 Å². The number of rotatable bonds is 0. The van der Waals surface area contributed by atoms with Gasteiger partial charge in [0, 0.05) is 17.4 Å². The van der Waals surface area contributed by atoms with Gasteiger partial charge in [-0.05, 0) is 25.0 Å². The van der Waals surface area contributed by atoms with E-state index in [0.29, 0.717) is 29.6 Å². The Labute approximate surface area is 97.1 Å². The van der Waals surface area contributed by atoms with Gasteiger partial charge in [0.25, 0.3) is 0 Å². The van der Waals surface area contributed by atoms with Crippen LogP contribution in [-0.4, -0.2) is 10.2 Å². The molecule has 0 amide bonds. The van der Waals surface area contributed by atoms with Gasteiger partial charge in [-0.15, -0.1) is 0 Å². The van der Waals surface area contributed by atoms with Crippen molar-refractivity contribution in [3.8, 4) is 5.75 Å². The van der Waals surface area contributed by atoms with E-state index in [9.17, 15) is 15.0 Å². The minimum atomic E-state index is -0.613. The van der Waals surface area contributed by atoms with Crippen molar-refractivity contribution in [1.82, 2.24) is 0 Å². The fraction of sp³-hybridized carbons (Fsp3) is 0.308. The third kappa shape index (κ3) is 1.37. The van der Waals surface area contributed by atoms with E-state index >= 15 is 0 Å². The standard InChI is InChI=1S/C13H12O4/c1-6-4-7-11-8(14)2-3-10(11)17-13(16)12(7)9(15)5-6/h4-5,8,14-15H,2-3H2,1H3. The summed E-state index contributed by atoms with van der Waals surface area (Å²) in [5.74, 6) is 0.454. The van der Waals surface area contributed by atoms with Crippen LogP contribution in [0.15, 0.2) is 21.3 Å². The predicted molar refractivity (Wildman–Crippen MR) is 62.2 cm³/mol. The van der Waals surface area contributed by atoms with E-state index in [-0.39, 0.29) is 11.1 Å². The van der Waals surface area contributed by atoms with Crippen molar-refractivity contribution in [2.24, 2.45) is 0 Å². The molecule has 3 rings (SSSR count). The number of benzene rings is 1. The second-order valence-electron chi connectivity index (χ2n) is 4.49. The van der Waals surface area contributed by atoms with Crippen molar-refractivity contribution in [3.05, 3.63) is 39.4 Å². The molecule has 1 aromatic heterocycles. The third-order valence-corrected chi connectivity index (χ3v) is 3.25. The SMILES string of the molecule is Cc1cc(O)c2c(=O)oc3c(c2c1)C(O)CC3. The number of aromatic hydroxyl groups is 1. The van der Waals surface area contributed by atoms with Crippen molar-refractivity contribution >= 4 is 10.8 Å². The van der Waals surface area contributed by atoms with Crippen LogP contribution >= 0.6 is 0 Å². The number of phenolic OH excluding ortho intramolecular Hbond substituents is 1. The van der Waals surface area contributed by atoms with Gasteiger partial charge in [-0.25, -0.2) is 4.79 Å². The Morgan fingerprint density at radius 3 is 2.94 bits per heavy atom. The van der Waals surface area contributed by atoms with Gasteiger partial charge in [0.15, 0.2) is 0 Å². The van der Waals surface area contributed by atoms with Crippen LogP contribution < -0.4 is 5.63 Å². The molecule has 2 N–H and O–H groups in total. The largest absolute Gasteiger partial charge is 0.507 e. The monoisotopic (exact) mass is 232 g/mol. The van der Waals surface area contributed by atoms with Gasteiger partial charge in [-0.1, -0.05) is 6.07 Å². The number of aliphatic hydroxyl groups excluding tert-OH is 1. The number of hydrogen-bond donors (Lipinski definition) is 2. The molecule has 1 aromatic carbocycles. The van der Waals surface area contributed by atoms with Crippen LogP contribution in [0.2, 0.25) is 0 Å². The number of fused-ring (bicyclic) bond motifs is 3. The summed E-state index contributed by atoms with van der Waals surface area (Å²) in [6.07, 6.45) is 0.515. The van der Waals surface area contributed by atoms with Gasteiger partial charge >= 0.3 is 5.63 Å². The van der Waals surface area contributed by atoms with Crippen LogP contribution in [0, 0.1) is 6.92 Å². The number of aryl methyl sites for hydroxylation is 2. The zero-order chi connectivity index (χ0) is 12.2. The molecule has 0 saturated heterocycles. The molecule has 0 saturated carbocycles. The molecule has 1 unspecified atom stereocenters. The molecule has 2 aromatic rings. The van der Waals surface area contributed by atoms with Gasteiger partial charge in [0.1, 0.15) is 16.9 Å². The maximum atomic E-state index is 11.8. The molecule has 0 fully saturated rings. The quantitative estimate of drug-likeness (QED) is 0.726. The average molecular weight is 232 g/mol. The Morgan fingerprint density at radius 2 is 2.18 bits per heavy atom. The summed E-state index contributed by atoms with van der Waals surface area (Å²) in [6, 6.07) is 3.33. The summed E-state index contributed by atoms with van der Waals surface area (Å²) < 4.78 is 5.15. The highest BCUT2D eigenvalue weighted by Crippen LogP contribution is 2.37. The molecule has 1 aliphatic rings. The van der Waals surface area contributed by atoms with Gasteiger partial charge in [-0.3, -0.25) is 0 Å². The first-order valence-electron chi connectivity index (χ1n) is 5.55. The first kappa shape index (κ1) is 10.4. The fourth-order valence-electron chi connectivity index (χ4n) is 2.53. The smallest absolute Gasteiger partial charge is 0.347 e. The number of hydrogen-bond acceptors (Lipinski definition) is 4. The summed E-state index contributed by atoms with van der Waals surface area (Å²) in [5.41, 5.74) is 0.964. The molecule has 4 nitrogen and oxygen atoms in total. The molecule has 1 atom stereocenters. The zero-order valence-corrected chi connectivity index (χ0v) is 9.36. The average Bonchev–Trinajstić information content (AvgIpc) is 2.59. The van der Waals surface area contributed by atoms with Gasteiger partial charge < -0.3 is 14.6 Å². The molecule has 1 heterocycles. The van der Waals surface area contributed by atoms with Crippen LogP contribution in [0.3, 0.4) is 0 Å². The number of aliphatic hydroxyl groups is 1. The highest BCUT2D eigenvalue weighted by molar-refractivity contribution is 5.91. The predicted octanol–water partition coefficient (Wildman–Crippen LogP) is 1.79. The Hall–Kier alpha value is -1.81. The Bertz CT molecular complexity index is 669. The lowest BCUT2D eigenvalue weighted by atomic mass is 10.0. The van der Waals surface area contributed by atoms with Crippen LogP contribution in [-0.2, 0) is 6.42 Å². The molecular weight excluding hydrogens is 220 g/mol. The summed E-state index contributed by atoms with van der Waals surface area (Å²) in [4.78, 5) is 11.8. The Kier molecular flexibility index (Phi) is 2.03. The van der Waals surface area contributed by atoms with Crippen LogP contribution in [0.25, 0.3) is 10.8 Å². The molecule has 1 aliphatic carbocycles. The second kappa shape index (κ2) is 3.34. The Morgan fingerprint density at radius 1 is 1.41 bits per heavy atom. The third-order valence-electron chi connectivity index (χ3n) is 3.25. The zero-order valence-electron chi connectivity index (χ0n) is 9.36.